The number of aromatic nitrogens is 1. The molecule has 2 aromatic rings. The van der Waals surface area contributed by atoms with Gasteiger partial charge in [0.2, 0.25) is 0 Å². The van der Waals surface area contributed by atoms with E-state index in [0.717, 1.165) is 17.9 Å². The molecule has 0 amide bonds. The van der Waals surface area contributed by atoms with Crippen molar-refractivity contribution < 1.29 is 0 Å². The fourth-order valence-electron chi connectivity index (χ4n) is 1.33. The fourth-order valence-corrected chi connectivity index (χ4v) is 1.87. The number of nitrogen functional groups attached to an aromatic ring is 1. The minimum atomic E-state index is 0.776. The smallest absolute Gasteiger partial charge is 0.0794 e. The Morgan fingerprint density at radius 2 is 2.33 bits per heavy atom. The summed E-state index contributed by atoms with van der Waals surface area (Å²) in [7, 11) is 0. The van der Waals surface area contributed by atoms with Crippen LogP contribution in [0.1, 0.15) is 10.4 Å². The Hall–Kier alpha value is -1.55. The van der Waals surface area contributed by atoms with Crippen molar-refractivity contribution in [3.05, 3.63) is 40.3 Å². The van der Waals surface area contributed by atoms with E-state index in [1.54, 1.807) is 11.3 Å². The first kappa shape index (κ1) is 9.98. The van der Waals surface area contributed by atoms with Gasteiger partial charge < -0.3 is 11.1 Å². The van der Waals surface area contributed by atoms with E-state index in [1.807, 2.05) is 23.8 Å². The first-order chi connectivity index (χ1) is 7.25. The van der Waals surface area contributed by atoms with Crippen LogP contribution in [-0.2, 0) is 6.54 Å². The quantitative estimate of drug-likeness (QED) is 0.780. The van der Waals surface area contributed by atoms with Gasteiger partial charge in [0.05, 0.1) is 23.4 Å². The third-order valence-corrected chi connectivity index (χ3v) is 2.92. The zero-order chi connectivity index (χ0) is 10.7. The largest absolute Gasteiger partial charge is 0.397 e. The lowest BCUT2D eigenvalue weighted by Crippen LogP contribution is -2.01. The Bertz CT molecular complexity index is 437. The van der Waals surface area contributed by atoms with Crippen LogP contribution in [0.3, 0.4) is 0 Å². The summed E-state index contributed by atoms with van der Waals surface area (Å²) < 4.78 is 0. The minimum Gasteiger partial charge on any atom is -0.397 e. The molecule has 0 atom stereocenters. The summed E-state index contributed by atoms with van der Waals surface area (Å²) in [6.07, 6.45) is 1.86. The number of thiazole rings is 1. The summed E-state index contributed by atoms with van der Waals surface area (Å²) in [6.45, 7) is 2.83. The van der Waals surface area contributed by atoms with Crippen molar-refractivity contribution >= 4 is 22.7 Å². The van der Waals surface area contributed by atoms with Crippen LogP contribution in [0.2, 0.25) is 0 Å². The number of anilines is 2. The number of aryl methyl sites for hydroxylation is 1. The van der Waals surface area contributed by atoms with Crippen LogP contribution in [-0.4, -0.2) is 4.98 Å². The standard InChI is InChI=1S/C11H13N3S/c1-8-2-3-10(12)11(4-8)14-6-9-5-13-7-15-9/h2-5,7,14H,6,12H2,1H3. The van der Waals surface area contributed by atoms with Gasteiger partial charge >= 0.3 is 0 Å². The van der Waals surface area contributed by atoms with E-state index in [9.17, 15) is 0 Å². The van der Waals surface area contributed by atoms with Crippen molar-refractivity contribution in [1.82, 2.24) is 4.98 Å². The summed E-state index contributed by atoms with van der Waals surface area (Å²) >= 11 is 1.64. The highest BCUT2D eigenvalue weighted by molar-refractivity contribution is 7.09. The zero-order valence-corrected chi connectivity index (χ0v) is 9.34. The lowest BCUT2D eigenvalue weighted by Gasteiger charge is -2.08. The SMILES string of the molecule is Cc1ccc(N)c(NCc2cncs2)c1. The number of rotatable bonds is 3. The molecule has 1 aromatic carbocycles. The third-order valence-electron chi connectivity index (χ3n) is 2.15. The molecule has 0 bridgehead atoms. The molecule has 0 fully saturated rings. The molecule has 3 N–H and O–H groups in total. The molecule has 0 unspecified atom stereocenters. The van der Waals surface area contributed by atoms with E-state index >= 15 is 0 Å². The Kier molecular flexibility index (Phi) is 2.87. The van der Waals surface area contributed by atoms with Crippen molar-refractivity contribution in [2.24, 2.45) is 0 Å². The summed E-state index contributed by atoms with van der Waals surface area (Å²) in [5, 5.41) is 3.30. The average Bonchev–Trinajstić information content (AvgIpc) is 2.72. The Balaban J connectivity index is 2.07. The van der Waals surface area contributed by atoms with Crippen molar-refractivity contribution in [2.75, 3.05) is 11.1 Å². The van der Waals surface area contributed by atoms with Gasteiger partial charge in [0, 0.05) is 11.1 Å². The molecule has 0 saturated heterocycles. The molecule has 1 heterocycles. The van der Waals surface area contributed by atoms with Crippen LogP contribution < -0.4 is 11.1 Å². The maximum Gasteiger partial charge on any atom is 0.0794 e. The maximum atomic E-state index is 5.85. The van der Waals surface area contributed by atoms with Gasteiger partial charge in [0.15, 0.2) is 0 Å². The Labute approximate surface area is 93.0 Å². The molecule has 4 heteroatoms. The zero-order valence-electron chi connectivity index (χ0n) is 8.53. The molecule has 78 valence electrons. The summed E-state index contributed by atoms with van der Waals surface area (Å²) in [5.41, 5.74) is 10.7. The minimum absolute atomic E-state index is 0.776. The molecule has 0 aliphatic carbocycles. The molecule has 0 spiro atoms. The molecule has 0 aliphatic heterocycles. The van der Waals surface area contributed by atoms with Gasteiger partial charge in [-0.1, -0.05) is 6.07 Å². The van der Waals surface area contributed by atoms with Crippen LogP contribution in [0.15, 0.2) is 29.9 Å². The summed E-state index contributed by atoms with van der Waals surface area (Å²) in [6, 6.07) is 5.98. The van der Waals surface area contributed by atoms with Crippen molar-refractivity contribution in [3.63, 3.8) is 0 Å². The fraction of sp³-hybridized carbons (Fsp3) is 0.182. The van der Waals surface area contributed by atoms with E-state index in [-0.39, 0.29) is 0 Å². The third kappa shape index (κ3) is 2.47. The van der Waals surface area contributed by atoms with Gasteiger partial charge in [-0.25, -0.2) is 0 Å². The normalized spacial score (nSPS) is 10.2. The summed E-state index contributed by atoms with van der Waals surface area (Å²) in [4.78, 5) is 5.23. The molecular formula is C11H13N3S. The summed E-state index contributed by atoms with van der Waals surface area (Å²) in [5.74, 6) is 0. The van der Waals surface area contributed by atoms with Crippen molar-refractivity contribution in [3.8, 4) is 0 Å². The van der Waals surface area contributed by atoms with Gasteiger partial charge in [-0.05, 0) is 24.6 Å². The van der Waals surface area contributed by atoms with E-state index in [1.165, 1.54) is 10.4 Å². The highest BCUT2D eigenvalue weighted by Gasteiger charge is 1.99. The van der Waals surface area contributed by atoms with Crippen molar-refractivity contribution in [1.29, 1.82) is 0 Å². The predicted molar refractivity (Wildman–Crippen MR) is 65.0 cm³/mol. The molecule has 15 heavy (non-hydrogen) atoms. The number of nitrogens with one attached hydrogen (secondary N) is 1. The second kappa shape index (κ2) is 4.31. The first-order valence-corrected chi connectivity index (χ1v) is 5.61. The molecule has 1 aromatic heterocycles. The Morgan fingerprint density at radius 1 is 1.47 bits per heavy atom. The molecule has 2 rings (SSSR count). The number of hydrogen-bond acceptors (Lipinski definition) is 4. The molecule has 0 saturated carbocycles. The van der Waals surface area contributed by atoms with Gasteiger partial charge in [-0.15, -0.1) is 11.3 Å². The second-order valence-corrected chi connectivity index (χ2v) is 4.38. The highest BCUT2D eigenvalue weighted by Crippen LogP contribution is 2.20. The number of benzene rings is 1. The topological polar surface area (TPSA) is 50.9 Å². The average molecular weight is 219 g/mol. The number of nitrogens with zero attached hydrogens (tertiary/aromatic N) is 1. The highest BCUT2D eigenvalue weighted by atomic mass is 32.1. The van der Waals surface area contributed by atoms with Crippen LogP contribution in [0.5, 0.6) is 0 Å². The van der Waals surface area contributed by atoms with E-state index < -0.39 is 0 Å². The first-order valence-electron chi connectivity index (χ1n) is 4.73. The monoisotopic (exact) mass is 219 g/mol. The van der Waals surface area contributed by atoms with Crippen LogP contribution >= 0.6 is 11.3 Å². The molecule has 0 aliphatic rings. The molecule has 0 radical (unpaired) electrons. The number of hydrogen-bond donors (Lipinski definition) is 2. The van der Waals surface area contributed by atoms with Gasteiger partial charge in [0.25, 0.3) is 0 Å². The number of nitrogens with two attached hydrogens (primary N) is 1. The lowest BCUT2D eigenvalue weighted by molar-refractivity contribution is 1.17. The van der Waals surface area contributed by atoms with Crippen LogP contribution in [0.25, 0.3) is 0 Å². The predicted octanol–water partition coefficient (Wildman–Crippen LogP) is 2.65. The van der Waals surface area contributed by atoms with E-state index in [4.69, 9.17) is 5.73 Å². The van der Waals surface area contributed by atoms with E-state index in [0.29, 0.717) is 0 Å². The Morgan fingerprint density at radius 3 is 3.07 bits per heavy atom. The maximum absolute atomic E-state index is 5.85. The van der Waals surface area contributed by atoms with Crippen LogP contribution in [0, 0.1) is 6.92 Å². The van der Waals surface area contributed by atoms with Gasteiger partial charge in [0.1, 0.15) is 0 Å². The van der Waals surface area contributed by atoms with E-state index in [2.05, 4.69) is 23.3 Å². The molecule has 3 nitrogen and oxygen atoms in total. The van der Waals surface area contributed by atoms with Gasteiger partial charge in [-0.2, -0.15) is 0 Å². The lowest BCUT2D eigenvalue weighted by atomic mass is 10.2. The molecular weight excluding hydrogens is 206 g/mol. The van der Waals surface area contributed by atoms with Crippen LogP contribution in [0.4, 0.5) is 11.4 Å². The second-order valence-electron chi connectivity index (χ2n) is 3.41. The van der Waals surface area contributed by atoms with Crippen molar-refractivity contribution in [2.45, 2.75) is 13.5 Å². The van der Waals surface area contributed by atoms with Gasteiger partial charge in [-0.3, -0.25) is 4.98 Å².